The first-order chi connectivity index (χ1) is 7.97. The Kier molecular flexibility index (Phi) is 3.58. The van der Waals surface area contributed by atoms with Gasteiger partial charge in [0.1, 0.15) is 0 Å². The second-order valence-corrected chi connectivity index (χ2v) is 6.47. The maximum absolute atomic E-state index is 6.21. The lowest BCUT2D eigenvalue weighted by atomic mass is 9.84. The van der Waals surface area contributed by atoms with Crippen LogP contribution >= 0.6 is 0 Å². The molecule has 2 rings (SSSR count). The number of hydrogen-bond donors (Lipinski definition) is 1. The Hall–Kier alpha value is -0.820. The fraction of sp³-hybridized carbons (Fsp3) is 0.625. The Labute approximate surface area is 105 Å². The van der Waals surface area contributed by atoms with Crippen LogP contribution in [-0.2, 0) is 19.3 Å². The van der Waals surface area contributed by atoms with Crippen molar-refractivity contribution in [3.05, 3.63) is 34.9 Å². The van der Waals surface area contributed by atoms with Crippen molar-refractivity contribution >= 4 is 0 Å². The van der Waals surface area contributed by atoms with Crippen molar-refractivity contribution in [1.82, 2.24) is 0 Å². The Morgan fingerprint density at radius 1 is 1.18 bits per heavy atom. The molecular weight excluding hydrogens is 206 g/mol. The molecule has 1 aromatic carbocycles. The van der Waals surface area contributed by atoms with Gasteiger partial charge in [0.05, 0.1) is 0 Å². The minimum absolute atomic E-state index is 0.219. The molecule has 0 aromatic heterocycles. The zero-order valence-corrected chi connectivity index (χ0v) is 11.4. The highest BCUT2D eigenvalue weighted by atomic mass is 14.7. The molecule has 0 saturated carbocycles. The van der Waals surface area contributed by atoms with Crippen molar-refractivity contribution < 1.29 is 0 Å². The number of fused-ring (bicyclic) bond motifs is 1. The summed E-state index contributed by atoms with van der Waals surface area (Å²) in [5, 5.41) is 0. The number of hydrogen-bond acceptors (Lipinski definition) is 1. The first-order valence-corrected chi connectivity index (χ1v) is 6.83. The van der Waals surface area contributed by atoms with Crippen LogP contribution in [0.2, 0.25) is 0 Å². The highest BCUT2D eigenvalue weighted by Crippen LogP contribution is 2.25. The SMILES string of the molecule is CC(C)(C)C(N)CCc1ccc2c(c1)CCC2. The van der Waals surface area contributed by atoms with Gasteiger partial charge in [-0.05, 0) is 54.2 Å². The van der Waals surface area contributed by atoms with Gasteiger partial charge in [-0.3, -0.25) is 0 Å². The lowest BCUT2D eigenvalue weighted by Crippen LogP contribution is -2.35. The van der Waals surface area contributed by atoms with Gasteiger partial charge in [0.15, 0.2) is 0 Å². The van der Waals surface area contributed by atoms with E-state index >= 15 is 0 Å². The lowest BCUT2D eigenvalue weighted by molar-refractivity contribution is 0.306. The van der Waals surface area contributed by atoms with Crippen LogP contribution in [-0.4, -0.2) is 6.04 Å². The van der Waals surface area contributed by atoms with E-state index in [1.165, 1.54) is 24.8 Å². The van der Waals surface area contributed by atoms with Crippen LogP contribution in [0.25, 0.3) is 0 Å². The summed E-state index contributed by atoms with van der Waals surface area (Å²) < 4.78 is 0. The van der Waals surface area contributed by atoms with Crippen molar-refractivity contribution in [3.8, 4) is 0 Å². The molecule has 1 aliphatic carbocycles. The molecule has 1 unspecified atom stereocenters. The summed E-state index contributed by atoms with van der Waals surface area (Å²) in [6.07, 6.45) is 6.08. The van der Waals surface area contributed by atoms with Gasteiger partial charge in [-0.1, -0.05) is 39.0 Å². The van der Waals surface area contributed by atoms with Gasteiger partial charge in [-0.25, -0.2) is 0 Å². The van der Waals surface area contributed by atoms with Crippen molar-refractivity contribution in [1.29, 1.82) is 0 Å². The number of rotatable bonds is 3. The van der Waals surface area contributed by atoms with Crippen LogP contribution < -0.4 is 5.73 Å². The van der Waals surface area contributed by atoms with Gasteiger partial charge < -0.3 is 5.73 Å². The van der Waals surface area contributed by atoms with Gasteiger partial charge >= 0.3 is 0 Å². The molecule has 1 heteroatoms. The third-order valence-corrected chi connectivity index (χ3v) is 4.02. The smallest absolute Gasteiger partial charge is 0.00908 e. The Balaban J connectivity index is 1.96. The van der Waals surface area contributed by atoms with Gasteiger partial charge in [0.2, 0.25) is 0 Å². The van der Waals surface area contributed by atoms with Gasteiger partial charge in [-0.2, -0.15) is 0 Å². The predicted octanol–water partition coefficient (Wildman–Crippen LogP) is 3.48. The first kappa shape index (κ1) is 12.6. The van der Waals surface area contributed by atoms with Crippen molar-refractivity contribution in [2.45, 2.75) is 58.9 Å². The average Bonchev–Trinajstić information content (AvgIpc) is 2.71. The summed E-state index contributed by atoms with van der Waals surface area (Å²) >= 11 is 0. The molecule has 2 N–H and O–H groups in total. The normalized spacial score (nSPS) is 16.9. The average molecular weight is 231 g/mol. The van der Waals surface area contributed by atoms with E-state index in [-0.39, 0.29) is 11.5 Å². The zero-order valence-electron chi connectivity index (χ0n) is 11.4. The number of aryl methyl sites for hydroxylation is 3. The predicted molar refractivity (Wildman–Crippen MR) is 74.2 cm³/mol. The molecule has 1 aromatic rings. The summed E-state index contributed by atoms with van der Waals surface area (Å²) in [7, 11) is 0. The molecule has 1 atom stereocenters. The molecule has 0 bridgehead atoms. The zero-order chi connectivity index (χ0) is 12.5. The van der Waals surface area contributed by atoms with Gasteiger partial charge in [0.25, 0.3) is 0 Å². The van der Waals surface area contributed by atoms with Gasteiger partial charge in [-0.15, -0.1) is 0 Å². The highest BCUT2D eigenvalue weighted by Gasteiger charge is 2.20. The molecule has 0 aliphatic heterocycles. The van der Waals surface area contributed by atoms with Crippen molar-refractivity contribution in [3.63, 3.8) is 0 Å². The lowest BCUT2D eigenvalue weighted by Gasteiger charge is -2.27. The molecule has 0 heterocycles. The standard InChI is InChI=1S/C16H25N/c1-16(2,3)15(17)10-8-12-7-9-13-5-4-6-14(13)11-12/h7,9,11,15H,4-6,8,10,17H2,1-3H3. The maximum Gasteiger partial charge on any atom is 0.00908 e. The van der Waals surface area contributed by atoms with E-state index in [4.69, 9.17) is 5.73 Å². The van der Waals surface area contributed by atoms with E-state index < -0.39 is 0 Å². The third-order valence-electron chi connectivity index (χ3n) is 4.02. The summed E-state index contributed by atoms with van der Waals surface area (Å²) in [5.74, 6) is 0. The Bertz CT molecular complexity index is 387. The second-order valence-electron chi connectivity index (χ2n) is 6.47. The summed E-state index contributed by atoms with van der Waals surface area (Å²) in [4.78, 5) is 0. The third kappa shape index (κ3) is 3.10. The summed E-state index contributed by atoms with van der Waals surface area (Å²) in [6, 6.07) is 7.30. The molecule has 0 amide bonds. The van der Waals surface area contributed by atoms with E-state index in [9.17, 15) is 0 Å². The molecule has 0 spiro atoms. The summed E-state index contributed by atoms with van der Waals surface area (Å²) in [5.41, 5.74) is 11.0. The molecule has 0 fully saturated rings. The fourth-order valence-electron chi connectivity index (χ4n) is 2.54. The monoisotopic (exact) mass is 231 g/mol. The van der Waals surface area contributed by atoms with E-state index in [0.29, 0.717) is 0 Å². The van der Waals surface area contributed by atoms with Gasteiger partial charge in [0, 0.05) is 6.04 Å². The van der Waals surface area contributed by atoms with Crippen LogP contribution in [0.5, 0.6) is 0 Å². The molecule has 0 saturated heterocycles. The molecule has 94 valence electrons. The van der Waals surface area contributed by atoms with Crippen LogP contribution in [0.4, 0.5) is 0 Å². The van der Waals surface area contributed by atoms with Crippen molar-refractivity contribution in [2.24, 2.45) is 11.1 Å². The Morgan fingerprint density at radius 2 is 1.88 bits per heavy atom. The molecule has 17 heavy (non-hydrogen) atoms. The van der Waals surface area contributed by atoms with E-state index in [1.54, 1.807) is 11.1 Å². The minimum atomic E-state index is 0.219. The van der Waals surface area contributed by atoms with Crippen molar-refractivity contribution in [2.75, 3.05) is 0 Å². The van der Waals surface area contributed by atoms with Crippen LogP contribution in [0.1, 0.15) is 50.3 Å². The van der Waals surface area contributed by atoms with E-state index in [0.717, 1.165) is 12.8 Å². The minimum Gasteiger partial charge on any atom is -0.327 e. The molecule has 1 aliphatic rings. The fourth-order valence-corrected chi connectivity index (χ4v) is 2.54. The van der Waals surface area contributed by atoms with E-state index in [1.807, 2.05) is 0 Å². The number of nitrogens with two attached hydrogens (primary N) is 1. The Morgan fingerprint density at radius 3 is 2.59 bits per heavy atom. The molecule has 0 radical (unpaired) electrons. The largest absolute Gasteiger partial charge is 0.327 e. The molecular formula is C16H25N. The first-order valence-electron chi connectivity index (χ1n) is 6.83. The quantitative estimate of drug-likeness (QED) is 0.847. The summed E-state index contributed by atoms with van der Waals surface area (Å²) in [6.45, 7) is 6.67. The van der Waals surface area contributed by atoms with E-state index in [2.05, 4.69) is 39.0 Å². The number of benzene rings is 1. The highest BCUT2D eigenvalue weighted by molar-refractivity contribution is 5.35. The second kappa shape index (κ2) is 4.81. The maximum atomic E-state index is 6.21. The van der Waals surface area contributed by atoms with Crippen LogP contribution in [0.3, 0.4) is 0 Å². The molecule has 1 nitrogen and oxygen atoms in total. The van der Waals surface area contributed by atoms with Crippen LogP contribution in [0, 0.1) is 5.41 Å². The topological polar surface area (TPSA) is 26.0 Å². The van der Waals surface area contributed by atoms with Crippen LogP contribution in [0.15, 0.2) is 18.2 Å².